The number of nitrogens with zero attached hydrogens (tertiary/aromatic N) is 2. The Hall–Kier alpha value is -3.33. The molecule has 46 heavy (non-hydrogen) atoms. The monoisotopic (exact) mass is 656 g/mol. The van der Waals surface area contributed by atoms with Crippen LogP contribution < -0.4 is 10.6 Å². The van der Waals surface area contributed by atoms with Gasteiger partial charge in [-0.05, 0) is 75.9 Å². The largest absolute Gasteiger partial charge is 0.556 e. The summed E-state index contributed by atoms with van der Waals surface area (Å²) < 4.78 is 38.2. The summed E-state index contributed by atoms with van der Waals surface area (Å²) in [5, 5.41) is 3.20. The molecule has 0 aliphatic heterocycles. The topological polar surface area (TPSA) is 81.2 Å². The molecule has 0 unspecified atom stereocenters. The fourth-order valence-electron chi connectivity index (χ4n) is 5.84. The fraction of sp³-hybridized carbons (Fsp3) is 0.333. The average molecular weight is 657 g/mol. The van der Waals surface area contributed by atoms with E-state index in [2.05, 4.69) is 48.5 Å². The van der Waals surface area contributed by atoms with Gasteiger partial charge in [-0.15, -0.1) is 0 Å². The highest BCUT2D eigenvalue weighted by atomic mass is 28.4. The van der Waals surface area contributed by atoms with E-state index >= 15 is 0 Å². The molecule has 0 bridgehead atoms. The Morgan fingerprint density at radius 3 is 1.02 bits per heavy atom. The van der Waals surface area contributed by atoms with E-state index in [-0.39, 0.29) is 0 Å². The van der Waals surface area contributed by atoms with Crippen LogP contribution in [0.5, 0.6) is 0 Å². The lowest BCUT2D eigenvalue weighted by molar-refractivity contribution is 0.0843. The molecule has 0 spiro atoms. The minimum Gasteiger partial charge on any atom is -0.369 e. The first kappa shape index (κ1) is 34.0. The number of aromatic nitrogens is 2. The zero-order chi connectivity index (χ0) is 32.6. The molecule has 0 radical (unpaired) electrons. The fourth-order valence-corrected chi connectivity index (χ4v) is 10.6. The first-order valence-corrected chi connectivity index (χ1v) is 19.7. The van der Waals surface area contributed by atoms with Gasteiger partial charge < -0.3 is 26.6 Å². The van der Waals surface area contributed by atoms with Crippen LogP contribution in [-0.2, 0) is 26.6 Å². The Morgan fingerprint density at radius 1 is 0.435 bits per heavy atom. The van der Waals surface area contributed by atoms with Gasteiger partial charge in [0.15, 0.2) is 0 Å². The van der Waals surface area contributed by atoms with Crippen LogP contribution in [-0.4, -0.2) is 67.2 Å². The molecule has 5 rings (SSSR count). The Morgan fingerprint density at radius 2 is 0.739 bits per heavy atom. The molecule has 0 saturated heterocycles. The van der Waals surface area contributed by atoms with Crippen molar-refractivity contribution in [1.29, 1.82) is 0 Å². The number of hydrogen-bond acceptors (Lipinski definition) is 8. The van der Waals surface area contributed by atoms with Crippen molar-refractivity contribution in [3.63, 3.8) is 0 Å². The quantitative estimate of drug-likeness (QED) is 0.0866. The van der Waals surface area contributed by atoms with Crippen molar-refractivity contribution in [1.82, 2.24) is 9.97 Å². The van der Waals surface area contributed by atoms with E-state index < -0.39 is 17.6 Å². The molecule has 8 nitrogen and oxygen atoms in total. The summed E-state index contributed by atoms with van der Waals surface area (Å²) in [6.07, 6.45) is 0. The lowest BCUT2D eigenvalue weighted by Gasteiger charge is -2.29. The van der Waals surface area contributed by atoms with Gasteiger partial charge in [-0.2, -0.15) is 0 Å². The first-order chi connectivity index (χ1) is 22.5. The summed E-state index contributed by atoms with van der Waals surface area (Å²) in [7, 11) is -6.82. The number of fused-ring (bicyclic) bond motifs is 3. The minimum atomic E-state index is -3.41. The lowest BCUT2D eigenvalue weighted by atomic mass is 9.96. The van der Waals surface area contributed by atoms with Crippen molar-refractivity contribution in [3.05, 3.63) is 84.9 Å². The van der Waals surface area contributed by atoms with Crippen molar-refractivity contribution >= 4 is 50.0 Å². The van der Waals surface area contributed by atoms with Crippen LogP contribution in [0.25, 0.3) is 44.1 Å². The second-order valence-corrected chi connectivity index (χ2v) is 15.4. The molecule has 0 aliphatic rings. The Balaban J connectivity index is 1.96. The third kappa shape index (κ3) is 6.71. The average Bonchev–Trinajstić information content (AvgIpc) is 3.08. The third-order valence-electron chi connectivity index (χ3n) is 7.56. The number of benzene rings is 3. The SMILES string of the molecule is CCO[Si](OCC)(OCC)c1cc(-c2ccccc2)c2ccc3c(-c4ccccc4)cc([Si](OCC)(OCC)OCC)nc3c2n1. The Kier molecular flexibility index (Phi) is 11.5. The van der Waals surface area contributed by atoms with Crippen molar-refractivity contribution < 1.29 is 26.6 Å². The van der Waals surface area contributed by atoms with Crippen LogP contribution >= 0.6 is 0 Å². The van der Waals surface area contributed by atoms with E-state index in [1.807, 2.05) is 77.9 Å². The molecule has 0 fully saturated rings. The Bertz CT molecular complexity index is 1580. The summed E-state index contributed by atoms with van der Waals surface area (Å²) in [5.41, 5.74) is 5.52. The van der Waals surface area contributed by atoms with Gasteiger partial charge in [0.2, 0.25) is 0 Å². The molecular formula is C36H44N2O6Si2. The van der Waals surface area contributed by atoms with E-state index in [1.54, 1.807) is 0 Å². The number of rotatable bonds is 16. The summed E-state index contributed by atoms with van der Waals surface area (Å²) in [6, 6.07) is 29.0. The maximum absolute atomic E-state index is 6.37. The maximum atomic E-state index is 6.37. The summed E-state index contributed by atoms with van der Waals surface area (Å²) >= 11 is 0. The molecule has 5 aromatic rings. The van der Waals surface area contributed by atoms with Gasteiger partial charge in [-0.3, -0.25) is 0 Å². The third-order valence-corrected chi connectivity index (χ3v) is 13.3. The molecule has 0 aliphatic carbocycles. The maximum Gasteiger partial charge on any atom is 0.556 e. The van der Waals surface area contributed by atoms with Crippen LogP contribution in [0.2, 0.25) is 0 Å². The Labute approximate surface area is 274 Å². The molecule has 0 N–H and O–H groups in total. The van der Waals surface area contributed by atoms with Crippen molar-refractivity contribution in [3.8, 4) is 22.3 Å². The standard InChI is InChI=1S/C36H44N2O6Si2/c1-7-39-45(40-8-2,41-9-3)33-25-31(27-19-15-13-16-20-27)29-23-24-30-32(28-21-17-14-18-22-28)26-34(38-36(30)35(29)37-33)46(42-10-4,43-11-5)44-12-6/h13-26H,7-12H2,1-6H3. The van der Waals surface area contributed by atoms with Crippen molar-refractivity contribution in [2.24, 2.45) is 0 Å². The minimum absolute atomic E-state index is 0.424. The van der Waals surface area contributed by atoms with Gasteiger partial charge in [0, 0.05) is 50.4 Å². The molecule has 3 aromatic carbocycles. The van der Waals surface area contributed by atoms with Gasteiger partial charge >= 0.3 is 17.6 Å². The normalized spacial score (nSPS) is 12.3. The second kappa shape index (κ2) is 15.5. The van der Waals surface area contributed by atoms with E-state index in [0.29, 0.717) is 50.3 Å². The molecule has 2 heterocycles. The molecule has 0 atom stereocenters. The predicted octanol–water partition coefficient (Wildman–Crippen LogP) is 6.63. The van der Waals surface area contributed by atoms with Crippen molar-refractivity contribution in [2.45, 2.75) is 41.5 Å². The number of hydrogen-bond donors (Lipinski definition) is 0. The van der Waals surface area contributed by atoms with Gasteiger partial charge in [-0.25, -0.2) is 9.97 Å². The summed E-state index contributed by atoms with van der Waals surface area (Å²) in [5.74, 6) is 0. The van der Waals surface area contributed by atoms with E-state index in [0.717, 1.165) is 44.1 Å². The van der Waals surface area contributed by atoms with E-state index in [4.69, 9.17) is 36.5 Å². The highest BCUT2D eigenvalue weighted by Gasteiger charge is 2.47. The van der Waals surface area contributed by atoms with Crippen LogP contribution in [0.15, 0.2) is 84.9 Å². The van der Waals surface area contributed by atoms with E-state index in [9.17, 15) is 0 Å². The zero-order valence-electron chi connectivity index (χ0n) is 27.7. The van der Waals surface area contributed by atoms with Crippen LogP contribution in [0.4, 0.5) is 0 Å². The van der Waals surface area contributed by atoms with Gasteiger partial charge in [0.25, 0.3) is 0 Å². The number of pyridine rings is 2. The lowest BCUT2D eigenvalue weighted by Crippen LogP contribution is -2.58. The predicted molar refractivity (Wildman–Crippen MR) is 188 cm³/mol. The first-order valence-electron chi connectivity index (χ1n) is 16.2. The van der Waals surface area contributed by atoms with Gasteiger partial charge in [-0.1, -0.05) is 72.8 Å². The van der Waals surface area contributed by atoms with Crippen LogP contribution in [0.3, 0.4) is 0 Å². The molecular weight excluding hydrogens is 613 g/mol. The summed E-state index contributed by atoms with van der Waals surface area (Å²) in [6.45, 7) is 14.3. The smallest absolute Gasteiger partial charge is 0.369 e. The van der Waals surface area contributed by atoms with Gasteiger partial charge in [0.1, 0.15) is 10.6 Å². The van der Waals surface area contributed by atoms with Gasteiger partial charge in [0.05, 0.1) is 11.0 Å². The van der Waals surface area contributed by atoms with Crippen LogP contribution in [0.1, 0.15) is 41.5 Å². The molecule has 0 amide bonds. The zero-order valence-corrected chi connectivity index (χ0v) is 29.7. The molecule has 10 heteroatoms. The molecule has 0 saturated carbocycles. The molecule has 2 aromatic heterocycles. The molecule has 242 valence electrons. The highest BCUT2D eigenvalue weighted by Crippen LogP contribution is 2.35. The van der Waals surface area contributed by atoms with Crippen molar-refractivity contribution in [2.75, 3.05) is 39.6 Å². The van der Waals surface area contributed by atoms with Crippen LogP contribution in [0, 0.1) is 0 Å². The van der Waals surface area contributed by atoms with E-state index in [1.165, 1.54) is 0 Å². The summed E-state index contributed by atoms with van der Waals surface area (Å²) in [4.78, 5) is 10.7. The highest BCUT2D eigenvalue weighted by molar-refractivity contribution is 6.75. The second-order valence-electron chi connectivity index (χ2n) is 10.4.